The van der Waals surface area contributed by atoms with Crippen LogP contribution in [0, 0.1) is 5.92 Å². The minimum atomic E-state index is -0.169. The molecule has 3 N–H and O–H groups in total. The normalized spacial score (nSPS) is 30.6. The summed E-state index contributed by atoms with van der Waals surface area (Å²) < 4.78 is 5.20. The van der Waals surface area contributed by atoms with E-state index in [1.165, 1.54) is 0 Å². The third kappa shape index (κ3) is 3.65. The average Bonchev–Trinajstić information content (AvgIpc) is 2.78. The van der Waals surface area contributed by atoms with E-state index in [0.29, 0.717) is 19.8 Å². The van der Waals surface area contributed by atoms with Crippen molar-refractivity contribution >= 4 is 5.91 Å². The van der Waals surface area contributed by atoms with Crippen LogP contribution in [-0.2, 0) is 9.53 Å². The number of nitrogens with one attached hydrogen (secondary N) is 1. The number of carbonyl (C=O) groups excluding carboxylic acids is 1. The van der Waals surface area contributed by atoms with Crippen molar-refractivity contribution in [2.75, 3.05) is 59.5 Å². The fourth-order valence-corrected chi connectivity index (χ4v) is 2.38. The molecule has 1 amide bonds. The van der Waals surface area contributed by atoms with Gasteiger partial charge >= 0.3 is 0 Å². The zero-order valence-electron chi connectivity index (χ0n) is 11.1. The molecule has 0 aromatic rings. The first-order valence-corrected chi connectivity index (χ1v) is 6.69. The van der Waals surface area contributed by atoms with Crippen LogP contribution in [0.15, 0.2) is 0 Å². The van der Waals surface area contributed by atoms with E-state index in [1.807, 2.05) is 0 Å². The Bertz CT molecular complexity index is 279. The van der Waals surface area contributed by atoms with Crippen molar-refractivity contribution in [2.24, 2.45) is 11.7 Å². The minimum absolute atomic E-state index is 0.0362. The Morgan fingerprint density at radius 3 is 2.67 bits per heavy atom. The zero-order chi connectivity index (χ0) is 13.0. The molecule has 0 bridgehead atoms. The first kappa shape index (κ1) is 13.7. The van der Waals surface area contributed by atoms with E-state index in [-0.39, 0.29) is 17.9 Å². The maximum Gasteiger partial charge on any atom is 0.227 e. The minimum Gasteiger partial charge on any atom is -0.379 e. The van der Waals surface area contributed by atoms with E-state index in [1.54, 1.807) is 0 Å². The van der Waals surface area contributed by atoms with Gasteiger partial charge in [-0.25, -0.2) is 0 Å². The topological polar surface area (TPSA) is 70.8 Å². The number of hydrogen-bond donors (Lipinski definition) is 2. The molecule has 2 aliphatic heterocycles. The zero-order valence-corrected chi connectivity index (χ0v) is 11.1. The SMILES string of the molecule is CN1CCN(CCNC(=O)C2COCC2N)CC1. The highest BCUT2D eigenvalue weighted by Gasteiger charge is 2.31. The van der Waals surface area contributed by atoms with Crippen molar-refractivity contribution in [1.29, 1.82) is 0 Å². The lowest BCUT2D eigenvalue weighted by Crippen LogP contribution is -2.48. The summed E-state index contributed by atoms with van der Waals surface area (Å²) in [5, 5.41) is 2.96. The second kappa shape index (κ2) is 6.47. The van der Waals surface area contributed by atoms with Crippen LogP contribution in [0.2, 0.25) is 0 Å². The molecule has 0 aliphatic carbocycles. The van der Waals surface area contributed by atoms with Crippen LogP contribution in [0.4, 0.5) is 0 Å². The Morgan fingerprint density at radius 2 is 2.06 bits per heavy atom. The van der Waals surface area contributed by atoms with Crippen LogP contribution in [0.5, 0.6) is 0 Å². The summed E-state index contributed by atoms with van der Waals surface area (Å²) in [4.78, 5) is 16.6. The highest BCUT2D eigenvalue weighted by atomic mass is 16.5. The Balaban J connectivity index is 1.61. The van der Waals surface area contributed by atoms with Crippen LogP contribution < -0.4 is 11.1 Å². The summed E-state index contributed by atoms with van der Waals surface area (Å²) in [7, 11) is 2.14. The predicted octanol–water partition coefficient (Wildman–Crippen LogP) is -1.68. The second-order valence-corrected chi connectivity index (χ2v) is 5.24. The van der Waals surface area contributed by atoms with Crippen LogP contribution >= 0.6 is 0 Å². The Kier molecular flexibility index (Phi) is 4.94. The van der Waals surface area contributed by atoms with E-state index in [0.717, 1.165) is 32.7 Å². The van der Waals surface area contributed by atoms with Gasteiger partial charge in [0.1, 0.15) is 0 Å². The molecule has 2 fully saturated rings. The number of amides is 1. The van der Waals surface area contributed by atoms with Gasteiger partial charge in [0.2, 0.25) is 5.91 Å². The Hall–Kier alpha value is -0.690. The highest BCUT2D eigenvalue weighted by molar-refractivity contribution is 5.79. The van der Waals surface area contributed by atoms with Gasteiger partial charge in [-0.1, -0.05) is 0 Å². The van der Waals surface area contributed by atoms with E-state index in [4.69, 9.17) is 10.5 Å². The summed E-state index contributed by atoms with van der Waals surface area (Å²) in [6.07, 6.45) is 0. The maximum atomic E-state index is 11.9. The third-order valence-corrected chi connectivity index (χ3v) is 3.78. The Labute approximate surface area is 108 Å². The summed E-state index contributed by atoms with van der Waals surface area (Å²) in [6.45, 7) is 6.95. The smallest absolute Gasteiger partial charge is 0.227 e. The molecular formula is C12H24N4O2. The molecule has 6 nitrogen and oxygen atoms in total. The molecule has 0 aromatic carbocycles. The van der Waals surface area contributed by atoms with Crippen LogP contribution in [0.3, 0.4) is 0 Å². The summed E-state index contributed by atoms with van der Waals surface area (Å²) in [5.41, 5.74) is 5.81. The summed E-state index contributed by atoms with van der Waals surface area (Å²) in [6, 6.07) is -0.145. The fourth-order valence-electron chi connectivity index (χ4n) is 2.38. The van der Waals surface area contributed by atoms with Gasteiger partial charge in [-0.05, 0) is 7.05 Å². The molecule has 0 saturated carbocycles. The van der Waals surface area contributed by atoms with Crippen molar-refractivity contribution in [3.05, 3.63) is 0 Å². The number of ether oxygens (including phenoxy) is 1. The lowest BCUT2D eigenvalue weighted by atomic mass is 10.0. The lowest BCUT2D eigenvalue weighted by molar-refractivity contribution is -0.125. The third-order valence-electron chi connectivity index (χ3n) is 3.78. The molecule has 2 rings (SSSR count). The first-order valence-electron chi connectivity index (χ1n) is 6.69. The summed E-state index contributed by atoms with van der Waals surface area (Å²) >= 11 is 0. The lowest BCUT2D eigenvalue weighted by Gasteiger charge is -2.32. The molecule has 2 heterocycles. The molecule has 18 heavy (non-hydrogen) atoms. The van der Waals surface area contributed by atoms with E-state index in [9.17, 15) is 4.79 Å². The van der Waals surface area contributed by atoms with Crippen LogP contribution in [0.25, 0.3) is 0 Å². The number of piperazine rings is 1. The Morgan fingerprint density at radius 1 is 1.33 bits per heavy atom. The molecule has 2 aliphatic rings. The van der Waals surface area contributed by atoms with Crippen molar-refractivity contribution in [1.82, 2.24) is 15.1 Å². The van der Waals surface area contributed by atoms with Gasteiger partial charge in [0.05, 0.1) is 19.1 Å². The van der Waals surface area contributed by atoms with Crippen LogP contribution in [0.1, 0.15) is 0 Å². The van der Waals surface area contributed by atoms with Gasteiger partial charge in [0, 0.05) is 45.3 Å². The second-order valence-electron chi connectivity index (χ2n) is 5.24. The average molecular weight is 256 g/mol. The van der Waals surface area contributed by atoms with Gasteiger partial charge in [0.25, 0.3) is 0 Å². The molecule has 0 radical (unpaired) electrons. The van der Waals surface area contributed by atoms with Gasteiger partial charge in [0.15, 0.2) is 0 Å². The fraction of sp³-hybridized carbons (Fsp3) is 0.917. The molecule has 2 unspecified atom stereocenters. The number of nitrogens with two attached hydrogens (primary N) is 1. The van der Waals surface area contributed by atoms with Crippen molar-refractivity contribution < 1.29 is 9.53 Å². The van der Waals surface area contributed by atoms with E-state index < -0.39 is 0 Å². The van der Waals surface area contributed by atoms with E-state index >= 15 is 0 Å². The van der Waals surface area contributed by atoms with E-state index in [2.05, 4.69) is 22.2 Å². The number of hydrogen-bond acceptors (Lipinski definition) is 5. The molecular weight excluding hydrogens is 232 g/mol. The van der Waals surface area contributed by atoms with Gasteiger partial charge in [-0.2, -0.15) is 0 Å². The predicted molar refractivity (Wildman–Crippen MR) is 69.2 cm³/mol. The number of rotatable bonds is 4. The first-order chi connectivity index (χ1) is 8.66. The monoisotopic (exact) mass is 256 g/mol. The molecule has 0 aromatic heterocycles. The quantitative estimate of drug-likeness (QED) is 0.629. The molecule has 0 spiro atoms. The molecule has 2 saturated heterocycles. The molecule has 104 valence electrons. The largest absolute Gasteiger partial charge is 0.379 e. The van der Waals surface area contributed by atoms with Crippen LogP contribution in [-0.4, -0.2) is 81.3 Å². The molecule has 2 atom stereocenters. The maximum absolute atomic E-state index is 11.9. The summed E-state index contributed by atoms with van der Waals surface area (Å²) in [5.74, 6) is -0.133. The van der Waals surface area contributed by atoms with Gasteiger partial charge in [-0.15, -0.1) is 0 Å². The number of nitrogens with zero attached hydrogens (tertiary/aromatic N) is 2. The molecule has 6 heteroatoms. The number of carbonyl (C=O) groups is 1. The number of likely N-dealkylation sites (N-methyl/N-ethyl adjacent to an activating group) is 1. The van der Waals surface area contributed by atoms with Crippen molar-refractivity contribution in [3.8, 4) is 0 Å². The van der Waals surface area contributed by atoms with Crippen molar-refractivity contribution in [3.63, 3.8) is 0 Å². The van der Waals surface area contributed by atoms with Gasteiger partial charge < -0.3 is 20.7 Å². The van der Waals surface area contributed by atoms with Crippen molar-refractivity contribution in [2.45, 2.75) is 6.04 Å². The standard InChI is InChI=1S/C12H24N4O2/c1-15-4-6-16(7-5-15)3-2-14-12(17)10-8-18-9-11(10)13/h10-11H,2-9,13H2,1H3,(H,14,17). The van der Waals surface area contributed by atoms with Gasteiger partial charge in [-0.3, -0.25) is 9.69 Å². The highest BCUT2D eigenvalue weighted by Crippen LogP contribution is 2.11.